The summed E-state index contributed by atoms with van der Waals surface area (Å²) in [5, 5.41) is 6.29. The summed E-state index contributed by atoms with van der Waals surface area (Å²) in [7, 11) is 1.99. The van der Waals surface area contributed by atoms with E-state index in [1.54, 1.807) is 0 Å². The van der Waals surface area contributed by atoms with Crippen LogP contribution in [0.1, 0.15) is 11.1 Å². The number of likely N-dealkylation sites (N-methyl/N-ethyl adjacent to an activating group) is 1. The first kappa shape index (κ1) is 13.1. The molecule has 4 nitrogen and oxygen atoms in total. The molecule has 0 radical (unpaired) electrons. The number of anilines is 1. The number of carbonyl (C=O) groups excluding carboxylic acids is 1. The molecule has 4 heteroatoms. The molecule has 1 heterocycles. The zero-order valence-electron chi connectivity index (χ0n) is 11.3. The van der Waals surface area contributed by atoms with Crippen molar-refractivity contribution in [1.29, 1.82) is 0 Å². The highest BCUT2D eigenvalue weighted by Gasteiger charge is 2.25. The van der Waals surface area contributed by atoms with E-state index in [0.29, 0.717) is 6.54 Å². The molecule has 1 saturated heterocycles. The summed E-state index contributed by atoms with van der Waals surface area (Å²) in [6, 6.07) is 5.90. The number of carbonyl (C=O) groups is 1. The first-order valence-corrected chi connectivity index (χ1v) is 6.37. The molecule has 1 aromatic rings. The lowest BCUT2D eigenvalue weighted by molar-refractivity contribution is -0.121. The average Bonchev–Trinajstić information content (AvgIpc) is 2.35. The van der Waals surface area contributed by atoms with Crippen LogP contribution in [0.5, 0.6) is 0 Å². The summed E-state index contributed by atoms with van der Waals surface area (Å²) < 4.78 is 0. The third kappa shape index (κ3) is 2.71. The second kappa shape index (κ2) is 5.50. The number of benzene rings is 1. The highest BCUT2D eigenvalue weighted by atomic mass is 16.2. The highest BCUT2D eigenvalue weighted by Crippen LogP contribution is 2.18. The molecular weight excluding hydrogens is 226 g/mol. The van der Waals surface area contributed by atoms with Gasteiger partial charge in [-0.05, 0) is 38.1 Å². The van der Waals surface area contributed by atoms with Crippen molar-refractivity contribution in [3.05, 3.63) is 29.3 Å². The lowest BCUT2D eigenvalue weighted by atomic mass is 10.1. The number of aryl methyl sites for hydroxylation is 1. The van der Waals surface area contributed by atoms with Gasteiger partial charge >= 0.3 is 0 Å². The van der Waals surface area contributed by atoms with E-state index in [2.05, 4.69) is 28.5 Å². The standard InChI is InChI=1S/C14H21N3O/c1-10-5-4-6-12(11(10)2)16-14(18)13-9-15-7-8-17(13)3/h4-6,13,15H,7-9H2,1-3H3,(H,16,18). The molecule has 0 saturated carbocycles. The maximum atomic E-state index is 12.2. The number of rotatable bonds is 2. The van der Waals surface area contributed by atoms with Crippen molar-refractivity contribution >= 4 is 11.6 Å². The van der Waals surface area contributed by atoms with Crippen LogP contribution in [0, 0.1) is 13.8 Å². The van der Waals surface area contributed by atoms with E-state index in [9.17, 15) is 4.79 Å². The largest absolute Gasteiger partial charge is 0.324 e. The second-order valence-corrected chi connectivity index (χ2v) is 4.94. The Morgan fingerprint density at radius 2 is 2.22 bits per heavy atom. The first-order chi connectivity index (χ1) is 8.59. The van der Waals surface area contributed by atoms with Gasteiger partial charge in [0.25, 0.3) is 0 Å². The van der Waals surface area contributed by atoms with Crippen LogP contribution in [-0.2, 0) is 4.79 Å². The molecule has 1 atom stereocenters. The number of hydrogen-bond donors (Lipinski definition) is 2. The highest BCUT2D eigenvalue weighted by molar-refractivity contribution is 5.95. The van der Waals surface area contributed by atoms with Gasteiger partial charge in [0.1, 0.15) is 6.04 Å². The minimum absolute atomic E-state index is 0.0680. The third-order valence-electron chi connectivity index (χ3n) is 3.68. The average molecular weight is 247 g/mol. The number of hydrogen-bond acceptors (Lipinski definition) is 3. The van der Waals surface area contributed by atoms with E-state index in [-0.39, 0.29) is 11.9 Å². The maximum absolute atomic E-state index is 12.2. The lowest BCUT2D eigenvalue weighted by Crippen LogP contribution is -2.54. The molecule has 18 heavy (non-hydrogen) atoms. The Labute approximate surface area is 108 Å². The van der Waals surface area contributed by atoms with Crippen LogP contribution in [0.15, 0.2) is 18.2 Å². The Kier molecular flexibility index (Phi) is 3.99. The SMILES string of the molecule is Cc1cccc(NC(=O)C2CNCCN2C)c1C. The van der Waals surface area contributed by atoms with Crippen molar-refractivity contribution in [2.45, 2.75) is 19.9 Å². The van der Waals surface area contributed by atoms with Gasteiger partial charge in [-0.1, -0.05) is 12.1 Å². The van der Waals surface area contributed by atoms with E-state index in [0.717, 1.165) is 24.3 Å². The van der Waals surface area contributed by atoms with Gasteiger partial charge in [0.15, 0.2) is 0 Å². The van der Waals surface area contributed by atoms with E-state index >= 15 is 0 Å². The Morgan fingerprint density at radius 3 is 2.94 bits per heavy atom. The summed E-state index contributed by atoms with van der Waals surface area (Å²) in [6.07, 6.45) is 0. The molecule has 1 fully saturated rings. The van der Waals surface area contributed by atoms with Gasteiger partial charge in [-0.15, -0.1) is 0 Å². The van der Waals surface area contributed by atoms with Crippen LogP contribution < -0.4 is 10.6 Å². The van der Waals surface area contributed by atoms with Gasteiger partial charge in [0.2, 0.25) is 5.91 Å². The lowest BCUT2D eigenvalue weighted by Gasteiger charge is -2.32. The van der Waals surface area contributed by atoms with Gasteiger partial charge in [0.05, 0.1) is 0 Å². The molecule has 2 N–H and O–H groups in total. The van der Waals surface area contributed by atoms with E-state index in [1.165, 1.54) is 5.56 Å². The Balaban J connectivity index is 2.09. The van der Waals surface area contributed by atoms with Crippen molar-refractivity contribution in [3.8, 4) is 0 Å². The van der Waals surface area contributed by atoms with Crippen LogP contribution in [0.2, 0.25) is 0 Å². The van der Waals surface area contributed by atoms with Crippen molar-refractivity contribution in [2.75, 3.05) is 32.0 Å². The van der Waals surface area contributed by atoms with Gasteiger partial charge < -0.3 is 10.6 Å². The molecule has 0 spiro atoms. The van der Waals surface area contributed by atoms with Gasteiger partial charge in [-0.3, -0.25) is 9.69 Å². The third-order valence-corrected chi connectivity index (χ3v) is 3.68. The first-order valence-electron chi connectivity index (χ1n) is 6.37. The number of nitrogens with zero attached hydrogens (tertiary/aromatic N) is 1. The maximum Gasteiger partial charge on any atom is 0.243 e. The van der Waals surface area contributed by atoms with Gasteiger partial charge in [-0.25, -0.2) is 0 Å². The molecule has 1 unspecified atom stereocenters. The van der Waals surface area contributed by atoms with Crippen LogP contribution in [0.4, 0.5) is 5.69 Å². The summed E-state index contributed by atoms with van der Waals surface area (Å²) in [4.78, 5) is 14.3. The molecular formula is C14H21N3O. The fraction of sp³-hybridized carbons (Fsp3) is 0.500. The van der Waals surface area contributed by atoms with E-state index < -0.39 is 0 Å². The fourth-order valence-corrected chi connectivity index (χ4v) is 2.20. The normalized spacial score (nSPS) is 20.7. The van der Waals surface area contributed by atoms with Crippen LogP contribution in [-0.4, -0.2) is 43.5 Å². The van der Waals surface area contributed by atoms with Crippen LogP contribution >= 0.6 is 0 Å². The number of piperazine rings is 1. The molecule has 1 aliphatic heterocycles. The number of amides is 1. The summed E-state index contributed by atoms with van der Waals surface area (Å²) in [6.45, 7) is 6.66. The Hall–Kier alpha value is -1.39. The molecule has 0 bridgehead atoms. The van der Waals surface area contributed by atoms with Gasteiger partial charge in [0, 0.05) is 25.3 Å². The quantitative estimate of drug-likeness (QED) is 0.824. The monoisotopic (exact) mass is 247 g/mol. The number of nitrogens with one attached hydrogen (secondary N) is 2. The van der Waals surface area contributed by atoms with Crippen molar-refractivity contribution in [2.24, 2.45) is 0 Å². The molecule has 98 valence electrons. The zero-order chi connectivity index (χ0) is 13.1. The second-order valence-electron chi connectivity index (χ2n) is 4.94. The minimum atomic E-state index is -0.0846. The van der Waals surface area contributed by atoms with Crippen LogP contribution in [0.25, 0.3) is 0 Å². The van der Waals surface area contributed by atoms with Gasteiger partial charge in [-0.2, -0.15) is 0 Å². The molecule has 0 aromatic heterocycles. The summed E-state index contributed by atoms with van der Waals surface area (Å²) in [5.74, 6) is 0.0680. The van der Waals surface area contributed by atoms with E-state index in [4.69, 9.17) is 0 Å². The molecule has 1 aliphatic rings. The Bertz CT molecular complexity index is 445. The topological polar surface area (TPSA) is 44.4 Å². The molecule has 1 amide bonds. The fourth-order valence-electron chi connectivity index (χ4n) is 2.20. The molecule has 1 aromatic carbocycles. The van der Waals surface area contributed by atoms with Crippen LogP contribution in [0.3, 0.4) is 0 Å². The van der Waals surface area contributed by atoms with E-state index in [1.807, 2.05) is 26.1 Å². The van der Waals surface area contributed by atoms with Crippen molar-refractivity contribution < 1.29 is 4.79 Å². The predicted molar refractivity (Wildman–Crippen MR) is 73.8 cm³/mol. The molecule has 2 rings (SSSR count). The van der Waals surface area contributed by atoms with Crippen molar-refractivity contribution in [1.82, 2.24) is 10.2 Å². The van der Waals surface area contributed by atoms with Crippen molar-refractivity contribution in [3.63, 3.8) is 0 Å². The zero-order valence-corrected chi connectivity index (χ0v) is 11.3. The minimum Gasteiger partial charge on any atom is -0.324 e. The Morgan fingerprint density at radius 1 is 1.44 bits per heavy atom. The summed E-state index contributed by atoms with van der Waals surface area (Å²) in [5.41, 5.74) is 3.25. The molecule has 0 aliphatic carbocycles. The summed E-state index contributed by atoms with van der Waals surface area (Å²) >= 11 is 0. The smallest absolute Gasteiger partial charge is 0.243 e. The predicted octanol–water partition coefficient (Wildman–Crippen LogP) is 1.15.